The monoisotopic (exact) mass is 530 g/mol. The van der Waals surface area contributed by atoms with Crippen LogP contribution in [0.4, 0.5) is 33.6 Å². The van der Waals surface area contributed by atoms with Crippen LogP contribution in [0, 0.1) is 0 Å². The SMILES string of the molecule is CCC(=O)Nc1ccccc1Nc1ncc2c(n1)N(C)C(=O)N(c1c(Cl)c(OC)cc(OC)c1Cl)C2. The number of aromatic nitrogens is 2. The van der Waals surface area contributed by atoms with Crippen molar-refractivity contribution >= 4 is 64.0 Å². The van der Waals surface area contributed by atoms with Gasteiger partial charge in [0, 0.05) is 31.3 Å². The van der Waals surface area contributed by atoms with Crippen LogP contribution in [0.2, 0.25) is 10.0 Å². The fraction of sp³-hybridized carbons (Fsp3) is 0.250. The molecule has 3 aromatic rings. The van der Waals surface area contributed by atoms with Gasteiger partial charge in [-0.3, -0.25) is 14.6 Å². The van der Waals surface area contributed by atoms with Crippen molar-refractivity contribution in [3.05, 3.63) is 52.1 Å². The molecule has 4 rings (SSSR count). The number of hydrogen-bond acceptors (Lipinski definition) is 7. The lowest BCUT2D eigenvalue weighted by Gasteiger charge is -2.35. The van der Waals surface area contributed by atoms with Crippen molar-refractivity contribution in [2.75, 3.05) is 41.7 Å². The highest BCUT2D eigenvalue weighted by molar-refractivity contribution is 6.42. The van der Waals surface area contributed by atoms with Gasteiger partial charge in [-0.15, -0.1) is 0 Å². The molecule has 2 N–H and O–H groups in total. The zero-order valence-corrected chi connectivity index (χ0v) is 21.6. The summed E-state index contributed by atoms with van der Waals surface area (Å²) in [5, 5.41) is 6.31. The molecule has 36 heavy (non-hydrogen) atoms. The summed E-state index contributed by atoms with van der Waals surface area (Å²) < 4.78 is 10.7. The molecule has 3 amide bonds. The van der Waals surface area contributed by atoms with E-state index in [4.69, 9.17) is 32.7 Å². The molecule has 188 valence electrons. The number of urea groups is 1. The first kappa shape index (κ1) is 25.3. The van der Waals surface area contributed by atoms with Gasteiger partial charge in [0.25, 0.3) is 0 Å². The molecule has 0 bridgehead atoms. The summed E-state index contributed by atoms with van der Waals surface area (Å²) in [4.78, 5) is 37.0. The Bertz CT molecular complexity index is 1310. The van der Waals surface area contributed by atoms with Crippen LogP contribution in [0.1, 0.15) is 18.9 Å². The van der Waals surface area contributed by atoms with Crippen LogP contribution in [0.15, 0.2) is 36.5 Å². The summed E-state index contributed by atoms with van der Waals surface area (Å²) in [6.45, 7) is 1.90. The van der Waals surface area contributed by atoms with Crippen molar-refractivity contribution in [2.24, 2.45) is 0 Å². The molecular formula is C24H24Cl2N6O4. The second-order valence-corrected chi connectivity index (χ2v) is 8.56. The molecule has 1 aromatic heterocycles. The summed E-state index contributed by atoms with van der Waals surface area (Å²) in [6, 6.07) is 8.37. The third-order valence-corrected chi connectivity index (χ3v) is 6.33. The lowest BCUT2D eigenvalue weighted by atomic mass is 10.2. The van der Waals surface area contributed by atoms with E-state index in [1.54, 1.807) is 38.4 Å². The Balaban J connectivity index is 1.68. The van der Waals surface area contributed by atoms with E-state index in [0.29, 0.717) is 40.7 Å². The molecule has 2 aromatic carbocycles. The predicted molar refractivity (Wildman–Crippen MR) is 140 cm³/mol. The van der Waals surface area contributed by atoms with E-state index in [0.717, 1.165) is 0 Å². The van der Waals surface area contributed by atoms with Gasteiger partial charge >= 0.3 is 6.03 Å². The Morgan fingerprint density at radius 3 is 2.36 bits per heavy atom. The average molecular weight is 531 g/mol. The molecule has 0 saturated carbocycles. The third kappa shape index (κ3) is 4.69. The van der Waals surface area contributed by atoms with E-state index in [-0.39, 0.29) is 34.1 Å². The van der Waals surface area contributed by atoms with Crippen LogP contribution >= 0.6 is 23.2 Å². The molecule has 0 atom stereocenters. The normalized spacial score (nSPS) is 12.8. The molecule has 10 nitrogen and oxygen atoms in total. The van der Waals surface area contributed by atoms with Crippen molar-refractivity contribution in [2.45, 2.75) is 19.9 Å². The topological polar surface area (TPSA) is 109 Å². The largest absolute Gasteiger partial charge is 0.495 e. The number of anilines is 5. The van der Waals surface area contributed by atoms with Crippen LogP contribution in [-0.2, 0) is 11.3 Å². The lowest BCUT2D eigenvalue weighted by molar-refractivity contribution is -0.115. The van der Waals surface area contributed by atoms with E-state index in [2.05, 4.69) is 20.6 Å². The summed E-state index contributed by atoms with van der Waals surface area (Å²) in [5.74, 6) is 1.20. The van der Waals surface area contributed by atoms with Crippen LogP contribution in [0.3, 0.4) is 0 Å². The second kappa shape index (κ2) is 10.5. The van der Waals surface area contributed by atoms with E-state index in [9.17, 15) is 9.59 Å². The molecule has 2 heterocycles. The molecule has 1 aliphatic heterocycles. The number of halogens is 2. The van der Waals surface area contributed by atoms with Gasteiger partial charge in [-0.2, -0.15) is 4.98 Å². The van der Waals surface area contributed by atoms with Crippen molar-refractivity contribution in [3.63, 3.8) is 0 Å². The minimum atomic E-state index is -0.401. The van der Waals surface area contributed by atoms with Gasteiger partial charge in [0.15, 0.2) is 0 Å². The van der Waals surface area contributed by atoms with Gasteiger partial charge in [-0.05, 0) is 12.1 Å². The Morgan fingerprint density at radius 2 is 1.75 bits per heavy atom. The van der Waals surface area contributed by atoms with Crippen LogP contribution in [0.5, 0.6) is 11.5 Å². The molecular weight excluding hydrogens is 507 g/mol. The number of carbonyl (C=O) groups excluding carboxylic acids is 2. The highest BCUT2D eigenvalue weighted by Gasteiger charge is 2.35. The van der Waals surface area contributed by atoms with E-state index in [1.165, 1.54) is 24.0 Å². The zero-order chi connectivity index (χ0) is 26.0. The minimum Gasteiger partial charge on any atom is -0.495 e. The summed E-state index contributed by atoms with van der Waals surface area (Å²) in [5.41, 5.74) is 2.15. The van der Waals surface area contributed by atoms with Crippen molar-refractivity contribution in [1.29, 1.82) is 0 Å². The number of rotatable bonds is 7. The standard InChI is InChI=1S/C24H24Cl2N6O4/c1-5-18(33)28-14-8-6-7-9-15(14)29-23-27-11-13-12-32(24(34)31(2)22(13)30-23)21-19(25)16(35-3)10-17(36-4)20(21)26/h6-11H,5,12H2,1-4H3,(H,28,33)(H,27,29,30). The summed E-state index contributed by atoms with van der Waals surface area (Å²) in [7, 11) is 4.52. The smallest absolute Gasteiger partial charge is 0.330 e. The zero-order valence-electron chi connectivity index (χ0n) is 20.1. The average Bonchev–Trinajstić information content (AvgIpc) is 2.88. The number of nitrogens with one attached hydrogen (secondary N) is 2. The summed E-state index contributed by atoms with van der Waals surface area (Å²) in [6.07, 6.45) is 1.97. The number of benzene rings is 2. The van der Waals surface area contributed by atoms with E-state index in [1.807, 2.05) is 12.1 Å². The number of amides is 3. The fourth-order valence-electron chi connectivity index (χ4n) is 3.71. The molecule has 0 aliphatic carbocycles. The predicted octanol–water partition coefficient (Wildman–Crippen LogP) is 5.47. The van der Waals surface area contributed by atoms with Gasteiger partial charge in [0.1, 0.15) is 27.4 Å². The first-order valence-corrected chi connectivity index (χ1v) is 11.7. The first-order chi connectivity index (χ1) is 17.3. The number of carbonyl (C=O) groups is 2. The Morgan fingerprint density at radius 1 is 1.11 bits per heavy atom. The number of para-hydroxylation sites is 2. The lowest BCUT2D eigenvalue weighted by Crippen LogP contribution is -2.46. The van der Waals surface area contributed by atoms with E-state index >= 15 is 0 Å². The molecule has 0 saturated heterocycles. The maximum absolute atomic E-state index is 13.4. The fourth-order valence-corrected chi connectivity index (χ4v) is 4.42. The van der Waals surface area contributed by atoms with E-state index < -0.39 is 6.03 Å². The molecule has 0 spiro atoms. The van der Waals surface area contributed by atoms with Crippen molar-refractivity contribution < 1.29 is 19.1 Å². The van der Waals surface area contributed by atoms with Crippen LogP contribution in [-0.4, -0.2) is 43.2 Å². The Labute approximate surface area is 218 Å². The van der Waals surface area contributed by atoms with Gasteiger partial charge in [-0.1, -0.05) is 42.3 Å². The number of methoxy groups -OCH3 is 2. The van der Waals surface area contributed by atoms with Crippen molar-refractivity contribution in [1.82, 2.24) is 9.97 Å². The van der Waals surface area contributed by atoms with Gasteiger partial charge in [0.2, 0.25) is 11.9 Å². The molecule has 0 radical (unpaired) electrons. The Hall–Kier alpha value is -3.76. The number of nitrogens with zero attached hydrogens (tertiary/aromatic N) is 4. The minimum absolute atomic E-state index is 0.118. The van der Waals surface area contributed by atoms with Gasteiger partial charge < -0.3 is 20.1 Å². The molecule has 0 fully saturated rings. The Kier molecular flexibility index (Phi) is 7.37. The highest BCUT2D eigenvalue weighted by Crippen LogP contribution is 2.47. The summed E-state index contributed by atoms with van der Waals surface area (Å²) >= 11 is 13.1. The second-order valence-electron chi connectivity index (χ2n) is 7.80. The number of ether oxygens (including phenoxy) is 2. The van der Waals surface area contributed by atoms with Gasteiger partial charge in [0.05, 0.1) is 37.8 Å². The van der Waals surface area contributed by atoms with Crippen LogP contribution < -0.4 is 29.9 Å². The molecule has 0 unspecified atom stereocenters. The third-order valence-electron chi connectivity index (χ3n) is 5.59. The first-order valence-electron chi connectivity index (χ1n) is 11.0. The number of hydrogen-bond donors (Lipinski definition) is 2. The quantitative estimate of drug-likeness (QED) is 0.416. The number of fused-ring (bicyclic) bond motifs is 1. The van der Waals surface area contributed by atoms with Gasteiger partial charge in [-0.25, -0.2) is 9.78 Å². The molecule has 12 heteroatoms. The molecule has 1 aliphatic rings. The van der Waals surface area contributed by atoms with Crippen LogP contribution in [0.25, 0.3) is 0 Å². The van der Waals surface area contributed by atoms with Crippen molar-refractivity contribution in [3.8, 4) is 11.5 Å². The highest BCUT2D eigenvalue weighted by atomic mass is 35.5. The maximum atomic E-state index is 13.4. The maximum Gasteiger partial charge on any atom is 0.330 e.